The predicted octanol–water partition coefficient (Wildman–Crippen LogP) is 3.91. The lowest BCUT2D eigenvalue weighted by Gasteiger charge is -2.22. The van der Waals surface area contributed by atoms with Crippen molar-refractivity contribution in [3.05, 3.63) is 101 Å². The summed E-state index contributed by atoms with van der Waals surface area (Å²) in [5.74, 6) is -0.196. The molecule has 0 fully saturated rings. The zero-order valence-corrected chi connectivity index (χ0v) is 19.1. The third-order valence-corrected chi connectivity index (χ3v) is 6.05. The number of carbonyl (C=O) groups excluding carboxylic acids is 1. The second-order valence-electron chi connectivity index (χ2n) is 7.60. The Hall–Kier alpha value is -3.16. The molecule has 6 nitrogen and oxygen atoms in total. The average Bonchev–Trinajstić information content (AvgIpc) is 2.78. The molecular formula is C25H28N2O4S. The van der Waals surface area contributed by atoms with Crippen LogP contribution in [0.25, 0.3) is 0 Å². The SMILES string of the molecule is Cc1ccc(N(Cc2ccc(C(=O)NCCOCc3ccccc3)cc2)S(C)(=O)=O)cc1. The van der Waals surface area contributed by atoms with E-state index >= 15 is 0 Å². The zero-order chi connectivity index (χ0) is 23.0. The van der Waals surface area contributed by atoms with E-state index in [1.165, 1.54) is 10.6 Å². The summed E-state index contributed by atoms with van der Waals surface area (Å²) in [5.41, 5.74) is 4.05. The van der Waals surface area contributed by atoms with Gasteiger partial charge >= 0.3 is 0 Å². The van der Waals surface area contributed by atoms with Crippen LogP contribution in [0.5, 0.6) is 0 Å². The van der Waals surface area contributed by atoms with Crippen molar-refractivity contribution in [2.45, 2.75) is 20.1 Å². The molecule has 0 bridgehead atoms. The van der Waals surface area contributed by atoms with Gasteiger partial charge in [0.2, 0.25) is 10.0 Å². The molecule has 0 atom stereocenters. The summed E-state index contributed by atoms with van der Waals surface area (Å²) in [6, 6.07) is 24.1. The Labute approximate surface area is 189 Å². The number of amides is 1. The van der Waals surface area contributed by atoms with E-state index in [2.05, 4.69) is 5.32 Å². The Bertz CT molecular complexity index is 1110. The molecule has 0 spiro atoms. The minimum Gasteiger partial charge on any atom is -0.375 e. The number of carbonyl (C=O) groups is 1. The lowest BCUT2D eigenvalue weighted by molar-refractivity contribution is 0.0901. The van der Waals surface area contributed by atoms with Crippen molar-refractivity contribution < 1.29 is 17.9 Å². The van der Waals surface area contributed by atoms with Crippen LogP contribution in [-0.2, 0) is 27.9 Å². The molecule has 0 saturated carbocycles. The van der Waals surface area contributed by atoms with Gasteiger partial charge in [0.1, 0.15) is 0 Å². The fraction of sp³-hybridized carbons (Fsp3) is 0.240. The van der Waals surface area contributed by atoms with Gasteiger partial charge in [0.05, 0.1) is 31.7 Å². The molecule has 0 radical (unpaired) electrons. The highest BCUT2D eigenvalue weighted by Gasteiger charge is 2.18. The Balaban J connectivity index is 1.52. The number of benzene rings is 3. The molecule has 1 N–H and O–H groups in total. The number of ether oxygens (including phenoxy) is 1. The van der Waals surface area contributed by atoms with E-state index in [4.69, 9.17) is 4.74 Å². The van der Waals surface area contributed by atoms with E-state index in [-0.39, 0.29) is 12.5 Å². The zero-order valence-electron chi connectivity index (χ0n) is 18.3. The number of sulfonamides is 1. The first-order valence-corrected chi connectivity index (χ1v) is 12.2. The fourth-order valence-corrected chi connectivity index (χ4v) is 4.03. The molecule has 3 aromatic rings. The molecule has 168 valence electrons. The maximum Gasteiger partial charge on any atom is 0.251 e. The Morgan fingerprint density at radius 2 is 1.56 bits per heavy atom. The molecule has 3 aromatic carbocycles. The normalized spacial score (nSPS) is 11.2. The van der Waals surface area contributed by atoms with Crippen molar-refractivity contribution in [2.75, 3.05) is 23.7 Å². The van der Waals surface area contributed by atoms with Gasteiger partial charge in [-0.25, -0.2) is 8.42 Å². The van der Waals surface area contributed by atoms with Crippen molar-refractivity contribution >= 4 is 21.6 Å². The molecule has 7 heteroatoms. The summed E-state index contributed by atoms with van der Waals surface area (Å²) in [5, 5.41) is 2.83. The molecule has 0 aromatic heterocycles. The van der Waals surface area contributed by atoms with Gasteiger partial charge in [0.15, 0.2) is 0 Å². The molecule has 0 aliphatic rings. The second-order valence-corrected chi connectivity index (χ2v) is 9.50. The standard InChI is InChI=1S/C25H28N2O4S/c1-20-8-14-24(15-9-20)27(32(2,29)30)18-21-10-12-23(13-11-21)25(28)26-16-17-31-19-22-6-4-3-5-7-22/h3-15H,16-19H2,1-2H3,(H,26,28). The maximum absolute atomic E-state index is 12.4. The third-order valence-electron chi connectivity index (χ3n) is 4.91. The Morgan fingerprint density at radius 3 is 2.19 bits per heavy atom. The van der Waals surface area contributed by atoms with Gasteiger partial charge in [-0.05, 0) is 42.3 Å². The highest BCUT2D eigenvalue weighted by Crippen LogP contribution is 2.21. The molecule has 3 rings (SSSR count). The highest BCUT2D eigenvalue weighted by molar-refractivity contribution is 7.92. The molecule has 0 aliphatic heterocycles. The summed E-state index contributed by atoms with van der Waals surface area (Å²) in [6.07, 6.45) is 1.19. The van der Waals surface area contributed by atoms with Crippen molar-refractivity contribution in [3.63, 3.8) is 0 Å². The number of hydrogen-bond donors (Lipinski definition) is 1. The topological polar surface area (TPSA) is 75.7 Å². The molecule has 32 heavy (non-hydrogen) atoms. The van der Waals surface area contributed by atoms with Gasteiger partial charge in [-0.2, -0.15) is 0 Å². The molecule has 0 aliphatic carbocycles. The van der Waals surface area contributed by atoms with E-state index in [1.807, 2.05) is 49.4 Å². The summed E-state index contributed by atoms with van der Waals surface area (Å²) in [6.45, 7) is 3.47. The van der Waals surface area contributed by atoms with Crippen LogP contribution in [0.3, 0.4) is 0 Å². The summed E-state index contributed by atoms with van der Waals surface area (Å²) >= 11 is 0. The summed E-state index contributed by atoms with van der Waals surface area (Å²) < 4.78 is 31.5. The van der Waals surface area contributed by atoms with E-state index in [9.17, 15) is 13.2 Å². The van der Waals surface area contributed by atoms with Crippen LogP contribution < -0.4 is 9.62 Å². The lowest BCUT2D eigenvalue weighted by Crippen LogP contribution is -2.29. The van der Waals surface area contributed by atoms with Gasteiger partial charge < -0.3 is 10.1 Å². The Kier molecular flexibility index (Phi) is 8.03. The smallest absolute Gasteiger partial charge is 0.251 e. The predicted molar refractivity (Wildman–Crippen MR) is 127 cm³/mol. The first-order chi connectivity index (χ1) is 15.3. The minimum absolute atomic E-state index is 0.192. The van der Waals surface area contributed by atoms with E-state index < -0.39 is 10.0 Å². The van der Waals surface area contributed by atoms with Gasteiger partial charge in [-0.15, -0.1) is 0 Å². The van der Waals surface area contributed by atoms with Crippen molar-refractivity contribution in [1.29, 1.82) is 0 Å². The molecular weight excluding hydrogens is 424 g/mol. The average molecular weight is 453 g/mol. The number of aryl methyl sites for hydroxylation is 1. The summed E-state index contributed by atoms with van der Waals surface area (Å²) in [7, 11) is -3.45. The third kappa shape index (κ3) is 6.93. The highest BCUT2D eigenvalue weighted by atomic mass is 32.2. The number of rotatable bonds is 10. The quantitative estimate of drug-likeness (QED) is 0.473. The van der Waals surface area contributed by atoms with Crippen molar-refractivity contribution in [1.82, 2.24) is 5.32 Å². The molecule has 1 amide bonds. The van der Waals surface area contributed by atoms with Gasteiger partial charge in [0.25, 0.3) is 5.91 Å². The molecule has 0 heterocycles. The van der Waals surface area contributed by atoms with Gasteiger partial charge in [-0.3, -0.25) is 9.10 Å². The van der Waals surface area contributed by atoms with Gasteiger partial charge in [-0.1, -0.05) is 60.2 Å². The first kappa shape index (κ1) is 23.5. The number of nitrogens with zero attached hydrogens (tertiary/aromatic N) is 1. The summed E-state index contributed by atoms with van der Waals surface area (Å²) in [4.78, 5) is 12.4. The Morgan fingerprint density at radius 1 is 0.906 bits per heavy atom. The van der Waals surface area contributed by atoms with Crippen LogP contribution in [0.2, 0.25) is 0 Å². The van der Waals surface area contributed by atoms with Crippen molar-refractivity contribution in [3.8, 4) is 0 Å². The monoisotopic (exact) mass is 452 g/mol. The number of hydrogen-bond acceptors (Lipinski definition) is 4. The van der Waals surface area contributed by atoms with Crippen LogP contribution in [0.4, 0.5) is 5.69 Å². The van der Waals surface area contributed by atoms with Crippen LogP contribution in [0.1, 0.15) is 27.0 Å². The number of anilines is 1. The number of nitrogens with one attached hydrogen (secondary N) is 1. The van der Waals surface area contributed by atoms with Crippen LogP contribution in [0.15, 0.2) is 78.9 Å². The minimum atomic E-state index is -3.45. The van der Waals surface area contributed by atoms with Crippen LogP contribution in [-0.4, -0.2) is 33.7 Å². The van der Waals surface area contributed by atoms with E-state index in [1.54, 1.807) is 36.4 Å². The lowest BCUT2D eigenvalue weighted by atomic mass is 10.1. The fourth-order valence-electron chi connectivity index (χ4n) is 3.14. The second kappa shape index (κ2) is 10.9. The van der Waals surface area contributed by atoms with E-state index in [0.29, 0.717) is 31.0 Å². The largest absolute Gasteiger partial charge is 0.375 e. The van der Waals surface area contributed by atoms with Crippen LogP contribution in [0, 0.1) is 6.92 Å². The van der Waals surface area contributed by atoms with Crippen LogP contribution >= 0.6 is 0 Å². The first-order valence-electron chi connectivity index (χ1n) is 10.4. The molecule has 0 saturated heterocycles. The molecule has 0 unspecified atom stereocenters. The maximum atomic E-state index is 12.4. The van der Waals surface area contributed by atoms with E-state index in [0.717, 1.165) is 16.7 Å². The van der Waals surface area contributed by atoms with Crippen molar-refractivity contribution in [2.24, 2.45) is 0 Å². The van der Waals surface area contributed by atoms with Gasteiger partial charge in [0, 0.05) is 12.1 Å².